The Morgan fingerprint density at radius 3 is 0.946 bits per heavy atom. The lowest BCUT2D eigenvalue weighted by Crippen LogP contribution is -2.06. The maximum atomic E-state index is 5.13. The molecule has 0 N–H and O–H groups in total. The largest absolute Gasteiger partial charge is 0.309 e. The van der Waals surface area contributed by atoms with E-state index in [1.165, 1.54) is 87.0 Å². The van der Waals surface area contributed by atoms with Crippen LogP contribution in [0.1, 0.15) is 0 Å². The second-order valence-electron chi connectivity index (χ2n) is 32.9. The van der Waals surface area contributed by atoms with E-state index in [9.17, 15) is 0 Å². The van der Waals surface area contributed by atoms with Crippen LogP contribution in [0.25, 0.3) is 232 Å². The molecule has 12 heteroatoms. The predicted octanol–water partition coefficient (Wildman–Crippen LogP) is 29.5. The summed E-state index contributed by atoms with van der Waals surface area (Å²) in [4.78, 5) is 29.7. The molecular formula is C118H76N12. The highest BCUT2D eigenvalue weighted by atomic mass is 15.2. The molecule has 10 heterocycles. The summed E-state index contributed by atoms with van der Waals surface area (Å²) in [5.74, 6) is 1.82. The van der Waals surface area contributed by atoms with E-state index in [0.29, 0.717) is 17.6 Å². The minimum absolute atomic E-state index is 0.571. The monoisotopic (exact) mass is 1660 g/mol. The van der Waals surface area contributed by atoms with E-state index < -0.39 is 0 Å². The Hall–Kier alpha value is -17.7. The van der Waals surface area contributed by atoms with E-state index in [2.05, 4.69) is 391 Å². The van der Waals surface area contributed by atoms with Crippen LogP contribution >= 0.6 is 0 Å². The van der Waals surface area contributed by atoms with Gasteiger partial charge in [0.25, 0.3) is 0 Å². The van der Waals surface area contributed by atoms with Gasteiger partial charge in [-0.3, -0.25) is 19.1 Å². The normalized spacial score (nSPS) is 11.7. The van der Waals surface area contributed by atoms with Crippen LogP contribution in [0, 0.1) is 0 Å². The smallest absolute Gasteiger partial charge is 0.238 e. The molecule has 0 saturated carbocycles. The molecule has 0 bridgehead atoms. The lowest BCUT2D eigenvalue weighted by molar-refractivity contribution is 0.953. The maximum absolute atomic E-state index is 5.13. The van der Waals surface area contributed by atoms with Crippen molar-refractivity contribution in [1.82, 2.24) is 57.3 Å². The predicted molar refractivity (Wildman–Crippen MR) is 537 cm³/mol. The second kappa shape index (κ2) is 31.2. The number of aromatic nitrogens is 12. The molecule has 10 aromatic heterocycles. The zero-order chi connectivity index (χ0) is 85.7. The molecule has 0 amide bonds. The van der Waals surface area contributed by atoms with E-state index in [4.69, 9.17) is 29.9 Å². The van der Waals surface area contributed by atoms with Crippen molar-refractivity contribution in [3.05, 3.63) is 462 Å². The Balaban J connectivity index is 0.000000106. The van der Waals surface area contributed by atoms with E-state index >= 15 is 0 Å². The van der Waals surface area contributed by atoms with Gasteiger partial charge in [-0.2, -0.15) is 9.97 Å². The average Bonchev–Trinajstić information content (AvgIpc) is 1.58. The van der Waals surface area contributed by atoms with Gasteiger partial charge in [-0.15, -0.1) is 0 Å². The summed E-state index contributed by atoms with van der Waals surface area (Å²) >= 11 is 0. The number of rotatable bonds is 11. The summed E-state index contributed by atoms with van der Waals surface area (Å²) in [5.41, 5.74) is 27.8. The van der Waals surface area contributed by atoms with Crippen molar-refractivity contribution in [2.24, 2.45) is 0 Å². The molecule has 0 radical (unpaired) electrons. The Kier molecular flexibility index (Phi) is 18.0. The highest BCUT2D eigenvalue weighted by Gasteiger charge is 2.26. The lowest BCUT2D eigenvalue weighted by Gasteiger charge is -2.11. The van der Waals surface area contributed by atoms with Crippen LogP contribution in [0.2, 0.25) is 0 Å². The van der Waals surface area contributed by atoms with E-state index in [1.807, 2.05) is 97.7 Å². The van der Waals surface area contributed by atoms with Gasteiger partial charge in [0.2, 0.25) is 5.95 Å². The fraction of sp³-hybridized carbons (Fsp3) is 0. The molecule has 27 aromatic rings. The summed E-state index contributed by atoms with van der Waals surface area (Å²) in [6.45, 7) is 0. The molecule has 0 spiro atoms. The molecule has 0 atom stereocenters. The fourth-order valence-electron chi connectivity index (χ4n) is 19.9. The molecule has 608 valence electrons. The van der Waals surface area contributed by atoms with Crippen molar-refractivity contribution in [2.75, 3.05) is 0 Å². The third kappa shape index (κ3) is 12.4. The van der Waals surface area contributed by atoms with Crippen LogP contribution < -0.4 is 0 Å². The molecular weight excluding hydrogens is 1590 g/mol. The number of pyridine rings is 3. The third-order valence-electron chi connectivity index (χ3n) is 25.6. The first kappa shape index (κ1) is 74.8. The second-order valence-corrected chi connectivity index (χ2v) is 32.9. The SMILES string of the molecule is c1ccc(-c2nc(-c3ccccc3)nc(-n3c4ccccc4c4ccc(-c5ccnc6c5c5ccccc5n6-c5ccccc5)cc43)n2)cc1.c1ccc(-n2c3ccccc3c3c(-c4ccc5c6ccccc6n(-c6ccc7ccccc7c6)c5c4)cncc32)cc1.c1ccc(-n2c3ccccc3c3ccc(-c4cncc5c4c4ccccc4n5-c4ccccc4)cc32)cc1. The van der Waals surface area contributed by atoms with Crippen molar-refractivity contribution in [3.8, 4) is 90.5 Å². The quantitative estimate of drug-likeness (QED) is 0.128. The Morgan fingerprint density at radius 2 is 0.500 bits per heavy atom. The third-order valence-corrected chi connectivity index (χ3v) is 25.6. The number of fused-ring (bicyclic) bond motifs is 19. The van der Waals surface area contributed by atoms with E-state index in [1.54, 1.807) is 0 Å². The molecule has 17 aromatic carbocycles. The minimum atomic E-state index is 0.571. The number of nitrogens with zero attached hydrogens (tertiary/aromatic N) is 12. The van der Waals surface area contributed by atoms with Gasteiger partial charge in [-0.1, -0.05) is 309 Å². The van der Waals surface area contributed by atoms with Gasteiger partial charge in [0.05, 0.1) is 73.1 Å². The first-order chi connectivity index (χ1) is 64.5. The van der Waals surface area contributed by atoms with Crippen LogP contribution in [-0.4, -0.2) is 57.3 Å². The number of hydrogen-bond donors (Lipinski definition) is 0. The fourth-order valence-corrected chi connectivity index (χ4v) is 19.9. The lowest BCUT2D eigenvalue weighted by atomic mass is 10.00. The molecule has 130 heavy (non-hydrogen) atoms. The zero-order valence-corrected chi connectivity index (χ0v) is 70.2. The topological polar surface area (TPSA) is 107 Å². The van der Waals surface area contributed by atoms with Crippen LogP contribution in [0.3, 0.4) is 0 Å². The van der Waals surface area contributed by atoms with Gasteiger partial charge in [0, 0.05) is 134 Å². The molecule has 0 fully saturated rings. The first-order valence-electron chi connectivity index (χ1n) is 43.9. The van der Waals surface area contributed by atoms with Gasteiger partial charge in [0.1, 0.15) is 5.65 Å². The molecule has 0 saturated heterocycles. The van der Waals surface area contributed by atoms with Gasteiger partial charge in [-0.25, -0.2) is 9.97 Å². The zero-order valence-electron chi connectivity index (χ0n) is 70.2. The van der Waals surface area contributed by atoms with Gasteiger partial charge in [0.15, 0.2) is 11.6 Å². The van der Waals surface area contributed by atoms with Crippen LogP contribution in [0.5, 0.6) is 0 Å². The van der Waals surface area contributed by atoms with Crippen molar-refractivity contribution < 1.29 is 0 Å². The molecule has 0 aliphatic carbocycles. The maximum Gasteiger partial charge on any atom is 0.238 e. The van der Waals surface area contributed by atoms with Gasteiger partial charge >= 0.3 is 0 Å². The molecule has 0 unspecified atom stereocenters. The summed E-state index contributed by atoms with van der Waals surface area (Å²) in [6, 6.07) is 152. The first-order valence-corrected chi connectivity index (χ1v) is 43.9. The van der Waals surface area contributed by atoms with Crippen molar-refractivity contribution in [3.63, 3.8) is 0 Å². The summed E-state index contributed by atoms with van der Waals surface area (Å²) in [5, 5.41) is 16.9. The molecule has 12 nitrogen and oxygen atoms in total. The Labute approximate surface area is 746 Å². The minimum Gasteiger partial charge on any atom is -0.309 e. The van der Waals surface area contributed by atoms with E-state index in [0.717, 1.165) is 128 Å². The summed E-state index contributed by atoms with van der Waals surface area (Å²) in [6.07, 6.45) is 9.94. The standard InChI is InChI=1S/C44H28N6.C39H25N3.C35H23N3/c1-4-14-29(15-5-1)41-46-42(30-16-6-2-7-17-30)48-44(47-41)50-37-22-12-10-20-34(37)35-25-24-31(28-39(35)50)33-26-27-45-43-40(33)36-21-11-13-23-38(36)49(43)32-18-8-3-9-19-32;1-2-12-29(13-3-1)41-36-17-9-7-15-33(36)39-34(24-40-25-38(39)41)28-19-21-32-31-14-6-8-16-35(31)42(37(32)23-28)30-20-18-26-10-4-5-11-27(26)22-30;1-3-11-25(12-4-1)37-31-17-9-7-15-27(31)28-20-19-24(21-33(28)37)30-22-36-23-34-35(30)29-16-8-10-18-32(29)38(34)26-13-5-2-6-14-26/h1-28H;1-25H;1-23H. The number of para-hydroxylation sites is 10. The molecule has 0 aliphatic rings. The summed E-state index contributed by atoms with van der Waals surface area (Å²) < 4.78 is 13.9. The van der Waals surface area contributed by atoms with Gasteiger partial charge < -0.3 is 18.3 Å². The Morgan fingerprint density at radius 1 is 0.177 bits per heavy atom. The van der Waals surface area contributed by atoms with Crippen LogP contribution in [0.4, 0.5) is 0 Å². The molecule has 0 aliphatic heterocycles. The van der Waals surface area contributed by atoms with Crippen molar-refractivity contribution >= 4 is 142 Å². The highest BCUT2D eigenvalue weighted by Crippen LogP contribution is 2.46. The number of hydrogen-bond acceptors (Lipinski definition) is 6. The van der Waals surface area contributed by atoms with Gasteiger partial charge in [-0.05, 0) is 154 Å². The molecule has 27 rings (SSSR count). The van der Waals surface area contributed by atoms with Crippen molar-refractivity contribution in [1.29, 1.82) is 0 Å². The average molecular weight is 1660 g/mol. The Bertz CT molecular complexity index is 9050. The van der Waals surface area contributed by atoms with Crippen LogP contribution in [-0.2, 0) is 0 Å². The summed E-state index contributed by atoms with van der Waals surface area (Å²) in [7, 11) is 0. The highest BCUT2D eigenvalue weighted by molar-refractivity contribution is 6.21. The van der Waals surface area contributed by atoms with E-state index in [-0.39, 0.29) is 0 Å². The van der Waals surface area contributed by atoms with Crippen molar-refractivity contribution in [2.45, 2.75) is 0 Å². The number of benzene rings is 17. The van der Waals surface area contributed by atoms with Crippen LogP contribution in [0.15, 0.2) is 462 Å².